The molecule has 0 radical (unpaired) electrons. The van der Waals surface area contributed by atoms with E-state index in [9.17, 15) is 8.76 Å². The van der Waals surface area contributed by atoms with Crippen molar-refractivity contribution in [1.29, 1.82) is 0 Å². The number of ether oxygens (including phenoxy) is 1. The fraction of sp³-hybridized carbons (Fsp3) is 0.500. The number of rotatable bonds is 4. The van der Waals surface area contributed by atoms with E-state index in [4.69, 9.17) is 16.3 Å². The Labute approximate surface area is 137 Å². The zero-order valence-electron chi connectivity index (χ0n) is 10.4. The smallest absolute Gasteiger partial charge is 0.768 e. The molecule has 18 heavy (non-hydrogen) atoms. The largest absolute Gasteiger partial charge is 1.00 e. The summed E-state index contributed by atoms with van der Waals surface area (Å²) < 4.78 is 27.6. The van der Waals surface area contributed by atoms with Crippen molar-refractivity contribution in [2.24, 2.45) is 5.92 Å². The van der Waals surface area contributed by atoms with Crippen LogP contribution in [0.1, 0.15) is 25.7 Å². The molecule has 0 amide bonds. The topological polar surface area (TPSA) is 49.4 Å². The molecule has 1 aromatic rings. The third-order valence-corrected chi connectivity index (χ3v) is 3.95. The predicted molar refractivity (Wildman–Crippen MR) is 66.1 cm³/mol. The molecule has 0 N–H and O–H groups in total. The maximum atomic E-state index is 11.0. The first kappa shape index (κ1) is 16.5. The number of benzene rings is 1. The molecule has 0 heterocycles. The summed E-state index contributed by atoms with van der Waals surface area (Å²) in [6, 6.07) is 4.67. The minimum Gasteiger partial charge on any atom is -0.768 e. The molecule has 0 aromatic heterocycles. The summed E-state index contributed by atoms with van der Waals surface area (Å²) in [5.74, 6) is 0.952. The van der Waals surface area contributed by atoms with Gasteiger partial charge in [0.05, 0.1) is 11.5 Å². The van der Waals surface area contributed by atoms with Gasteiger partial charge in [-0.1, -0.05) is 24.4 Å². The molecule has 1 aromatic carbocycles. The van der Waals surface area contributed by atoms with Gasteiger partial charge in [-0.05, 0) is 48.0 Å². The summed E-state index contributed by atoms with van der Waals surface area (Å²) >= 11 is 3.45. The Balaban J connectivity index is 0.00000162. The van der Waals surface area contributed by atoms with Crippen molar-refractivity contribution in [3.63, 3.8) is 0 Å². The molecule has 0 saturated heterocycles. The van der Waals surface area contributed by atoms with Crippen LogP contribution < -0.4 is 34.3 Å². The Morgan fingerprint density at radius 1 is 1.39 bits per heavy atom. The van der Waals surface area contributed by atoms with Crippen LogP contribution in [0.5, 0.6) is 5.75 Å². The molecule has 1 fully saturated rings. The van der Waals surface area contributed by atoms with Crippen LogP contribution in [0.25, 0.3) is 0 Å². The Bertz CT molecular complexity index is 422. The van der Waals surface area contributed by atoms with Gasteiger partial charge in [0, 0.05) is 5.02 Å². The van der Waals surface area contributed by atoms with E-state index in [2.05, 4.69) is 0 Å². The standard InChI is InChI=1S/C12H15ClO3S.Na/c13-10-5-6-11(12(7-10)17(14)15)16-8-9-3-1-2-4-9;/h5-7,9H,1-4,8H2,(H,14,15);/q;+1/p-1. The van der Waals surface area contributed by atoms with E-state index in [0.717, 1.165) is 0 Å². The average Bonchev–Trinajstić information content (AvgIpc) is 2.80. The van der Waals surface area contributed by atoms with E-state index in [0.29, 0.717) is 23.3 Å². The van der Waals surface area contributed by atoms with Gasteiger partial charge in [-0.3, -0.25) is 4.21 Å². The third-order valence-electron chi connectivity index (χ3n) is 3.03. The van der Waals surface area contributed by atoms with Gasteiger partial charge in [0.15, 0.2) is 0 Å². The van der Waals surface area contributed by atoms with Gasteiger partial charge in [-0.25, -0.2) is 0 Å². The van der Waals surface area contributed by atoms with Crippen LogP contribution in [-0.4, -0.2) is 15.4 Å². The van der Waals surface area contributed by atoms with Crippen LogP contribution in [0, 0.1) is 5.92 Å². The van der Waals surface area contributed by atoms with E-state index in [1.807, 2.05) is 0 Å². The maximum absolute atomic E-state index is 11.0. The fourth-order valence-corrected chi connectivity index (χ4v) is 2.87. The maximum Gasteiger partial charge on any atom is 1.00 e. The minimum absolute atomic E-state index is 0. The normalized spacial score (nSPS) is 17.2. The van der Waals surface area contributed by atoms with Gasteiger partial charge in [-0.2, -0.15) is 0 Å². The van der Waals surface area contributed by atoms with E-state index in [1.54, 1.807) is 12.1 Å². The van der Waals surface area contributed by atoms with E-state index < -0.39 is 11.1 Å². The molecule has 3 nitrogen and oxygen atoms in total. The summed E-state index contributed by atoms with van der Waals surface area (Å²) in [6.45, 7) is 0.589. The molecule has 2 rings (SSSR count). The van der Waals surface area contributed by atoms with Gasteiger partial charge in [0.2, 0.25) is 0 Å². The quantitative estimate of drug-likeness (QED) is 0.587. The van der Waals surface area contributed by atoms with E-state index in [1.165, 1.54) is 31.7 Å². The van der Waals surface area contributed by atoms with Crippen molar-refractivity contribution >= 4 is 22.7 Å². The van der Waals surface area contributed by atoms with Crippen LogP contribution in [0.4, 0.5) is 0 Å². The van der Waals surface area contributed by atoms with Crippen LogP contribution in [0.15, 0.2) is 23.1 Å². The molecule has 0 spiro atoms. The van der Waals surface area contributed by atoms with Gasteiger partial charge in [0.1, 0.15) is 5.75 Å². The summed E-state index contributed by atoms with van der Waals surface area (Å²) in [4.78, 5) is 0.135. The van der Waals surface area contributed by atoms with Crippen LogP contribution >= 0.6 is 11.6 Å². The Kier molecular flexibility index (Phi) is 7.21. The van der Waals surface area contributed by atoms with Crippen molar-refractivity contribution in [3.8, 4) is 5.75 Å². The molecule has 1 saturated carbocycles. The second-order valence-electron chi connectivity index (χ2n) is 4.29. The summed E-state index contributed by atoms with van der Waals surface area (Å²) in [5.41, 5.74) is 0. The van der Waals surface area contributed by atoms with Crippen molar-refractivity contribution in [1.82, 2.24) is 0 Å². The van der Waals surface area contributed by atoms with Crippen LogP contribution in [-0.2, 0) is 11.1 Å². The first-order valence-corrected chi connectivity index (χ1v) is 7.13. The molecule has 0 aliphatic heterocycles. The molecular weight excluding hydrogens is 283 g/mol. The minimum atomic E-state index is -2.31. The Morgan fingerprint density at radius 3 is 2.67 bits per heavy atom. The summed E-state index contributed by atoms with van der Waals surface area (Å²) in [6.07, 6.45) is 4.83. The summed E-state index contributed by atoms with van der Waals surface area (Å²) in [7, 11) is 0. The molecule has 6 heteroatoms. The molecule has 94 valence electrons. The van der Waals surface area contributed by atoms with Gasteiger partial charge < -0.3 is 9.29 Å². The number of halogens is 1. The fourth-order valence-electron chi connectivity index (χ4n) is 2.12. The molecule has 1 aliphatic carbocycles. The first-order chi connectivity index (χ1) is 8.16. The summed E-state index contributed by atoms with van der Waals surface area (Å²) in [5, 5.41) is 0.400. The van der Waals surface area contributed by atoms with Gasteiger partial charge in [-0.15, -0.1) is 0 Å². The van der Waals surface area contributed by atoms with Gasteiger partial charge >= 0.3 is 29.6 Å². The molecule has 1 atom stereocenters. The number of hydrogen-bond acceptors (Lipinski definition) is 3. The van der Waals surface area contributed by atoms with E-state index in [-0.39, 0.29) is 34.5 Å². The van der Waals surface area contributed by atoms with Gasteiger partial charge in [0.25, 0.3) is 0 Å². The van der Waals surface area contributed by atoms with Crippen LogP contribution in [0.2, 0.25) is 5.02 Å². The second-order valence-corrected chi connectivity index (χ2v) is 5.63. The molecule has 1 unspecified atom stereocenters. The zero-order valence-corrected chi connectivity index (χ0v) is 13.9. The molecular formula is C12H14ClNaO3S. The average molecular weight is 297 g/mol. The second kappa shape index (κ2) is 7.88. The van der Waals surface area contributed by atoms with Crippen LogP contribution in [0.3, 0.4) is 0 Å². The SMILES string of the molecule is O=S([O-])c1cc(Cl)ccc1OCC1CCCC1.[Na+]. The Hall–Kier alpha value is 0.420. The Morgan fingerprint density at radius 2 is 2.06 bits per heavy atom. The number of hydrogen-bond donors (Lipinski definition) is 0. The predicted octanol–water partition coefficient (Wildman–Crippen LogP) is 0.151. The van der Waals surface area contributed by atoms with Crippen molar-refractivity contribution in [2.75, 3.05) is 6.61 Å². The monoisotopic (exact) mass is 296 g/mol. The van der Waals surface area contributed by atoms with Crippen molar-refractivity contribution in [3.05, 3.63) is 23.2 Å². The van der Waals surface area contributed by atoms with Crippen molar-refractivity contribution in [2.45, 2.75) is 30.6 Å². The van der Waals surface area contributed by atoms with E-state index >= 15 is 0 Å². The molecule has 0 bridgehead atoms. The first-order valence-electron chi connectivity index (χ1n) is 5.68. The van der Waals surface area contributed by atoms with Crippen molar-refractivity contribution < 1.29 is 43.1 Å². The third kappa shape index (κ3) is 4.51. The zero-order chi connectivity index (χ0) is 12.3. The molecule has 1 aliphatic rings.